The Kier molecular flexibility index (Phi) is 10.5. The highest BCUT2D eigenvalue weighted by atomic mass is 127. The molecule has 0 aliphatic rings. The lowest BCUT2D eigenvalue weighted by Gasteiger charge is -2.17. The first-order valence-electron chi connectivity index (χ1n) is 11.1. The van der Waals surface area contributed by atoms with Crippen molar-refractivity contribution in [2.45, 2.75) is 26.1 Å². The Morgan fingerprint density at radius 2 is 1.32 bits per heavy atom. The summed E-state index contributed by atoms with van der Waals surface area (Å²) in [6.07, 6.45) is 2.10. The highest BCUT2D eigenvalue weighted by Gasteiger charge is 2.20. The summed E-state index contributed by atoms with van der Waals surface area (Å²) in [6, 6.07) is 15.5. The molecule has 0 fully saturated rings. The molecule has 2 atom stereocenters. The number of ether oxygens (including phenoxy) is 2. The van der Waals surface area contributed by atoms with Gasteiger partial charge in [-0.1, -0.05) is 0 Å². The third kappa shape index (κ3) is 7.93. The molecular weight excluding hydrogens is 724 g/mol. The Morgan fingerprint density at radius 1 is 0.842 bits per heavy atom. The molecule has 0 saturated heterocycles. The zero-order valence-corrected chi connectivity index (χ0v) is 24.5. The number of nitro groups is 1. The van der Waals surface area contributed by atoms with Crippen LogP contribution in [-0.4, -0.2) is 14.9 Å². The van der Waals surface area contributed by atoms with Gasteiger partial charge in [-0.25, -0.2) is 13.8 Å². The first kappa shape index (κ1) is 29.4. The van der Waals surface area contributed by atoms with Gasteiger partial charge in [0, 0.05) is 24.5 Å². The number of hydrogen-bond donors (Lipinski definition) is 1. The smallest absolute Gasteiger partial charge is 0.406 e. The second kappa shape index (κ2) is 13.6. The van der Waals surface area contributed by atoms with Crippen molar-refractivity contribution in [3.63, 3.8) is 0 Å². The molecule has 2 N–H and O–H groups in total. The van der Waals surface area contributed by atoms with E-state index in [1.807, 2.05) is 6.92 Å². The Balaban J connectivity index is 0.000000212. The minimum Gasteiger partial charge on any atom is -0.482 e. The average Bonchev–Trinajstić information content (AvgIpc) is 2.88. The normalized spacial score (nSPS) is 12.1. The Bertz CT molecular complexity index is 1430. The SMILES string of the molecule is C[C@@H](Oc1cccnc1N)c1cc(F)ccc1I.C[C@@H](Oc1cccnc1[N+](=O)[O-])c1cc(F)ccc1I. The number of nitrogen functional groups attached to an aromatic ring is 1. The Morgan fingerprint density at radius 3 is 1.82 bits per heavy atom. The van der Waals surface area contributed by atoms with E-state index < -0.39 is 11.0 Å². The van der Waals surface area contributed by atoms with Crippen molar-refractivity contribution in [3.8, 4) is 11.5 Å². The fraction of sp³-hybridized carbons (Fsp3) is 0.154. The third-order valence-corrected chi connectivity index (χ3v) is 7.09. The molecule has 12 heteroatoms. The number of hydrogen-bond acceptors (Lipinski definition) is 7. The van der Waals surface area contributed by atoms with Crippen molar-refractivity contribution in [1.29, 1.82) is 0 Å². The highest BCUT2D eigenvalue weighted by molar-refractivity contribution is 14.1. The Labute approximate surface area is 245 Å². The predicted octanol–water partition coefficient (Wildman–Crippen LogP) is 7.42. The van der Waals surface area contributed by atoms with Gasteiger partial charge >= 0.3 is 5.82 Å². The number of nitrogens with two attached hydrogens (primary N) is 1. The number of halogens is 4. The summed E-state index contributed by atoms with van der Waals surface area (Å²) in [5, 5.41) is 10.9. The van der Waals surface area contributed by atoms with Crippen LogP contribution >= 0.6 is 45.2 Å². The molecular formula is C26H22F2I2N4O4. The van der Waals surface area contributed by atoms with Crippen LogP contribution in [0.3, 0.4) is 0 Å². The lowest BCUT2D eigenvalue weighted by molar-refractivity contribution is -0.390. The monoisotopic (exact) mass is 746 g/mol. The number of anilines is 1. The largest absolute Gasteiger partial charge is 0.482 e. The molecule has 0 bridgehead atoms. The fourth-order valence-corrected chi connectivity index (χ4v) is 4.82. The maximum Gasteiger partial charge on any atom is 0.406 e. The van der Waals surface area contributed by atoms with Gasteiger partial charge in [0.05, 0.1) is 0 Å². The minimum absolute atomic E-state index is 0.0602. The molecule has 0 amide bonds. The highest BCUT2D eigenvalue weighted by Crippen LogP contribution is 2.31. The molecule has 0 saturated carbocycles. The summed E-state index contributed by atoms with van der Waals surface area (Å²) in [4.78, 5) is 17.9. The van der Waals surface area contributed by atoms with E-state index in [9.17, 15) is 18.9 Å². The van der Waals surface area contributed by atoms with E-state index in [2.05, 4.69) is 55.1 Å². The number of rotatable bonds is 7. The van der Waals surface area contributed by atoms with Crippen LogP contribution in [0.25, 0.3) is 0 Å². The zero-order valence-electron chi connectivity index (χ0n) is 20.1. The van der Waals surface area contributed by atoms with E-state index in [-0.39, 0.29) is 29.3 Å². The summed E-state index contributed by atoms with van der Waals surface area (Å²) in [7, 11) is 0. The molecule has 2 aromatic carbocycles. The van der Waals surface area contributed by atoms with Crippen LogP contribution < -0.4 is 15.2 Å². The van der Waals surface area contributed by atoms with Crippen molar-refractivity contribution >= 4 is 56.8 Å². The van der Waals surface area contributed by atoms with Crippen LogP contribution in [0, 0.1) is 28.9 Å². The molecule has 4 rings (SSSR count). The van der Waals surface area contributed by atoms with E-state index in [0.717, 1.165) is 12.7 Å². The van der Waals surface area contributed by atoms with Crippen molar-refractivity contribution in [2.24, 2.45) is 0 Å². The van der Waals surface area contributed by atoms with Crippen molar-refractivity contribution in [1.82, 2.24) is 9.97 Å². The van der Waals surface area contributed by atoms with Gasteiger partial charge in [-0.05, 0) is 130 Å². The maximum atomic E-state index is 13.3. The molecule has 2 heterocycles. The van der Waals surface area contributed by atoms with E-state index in [0.29, 0.717) is 17.1 Å². The van der Waals surface area contributed by atoms with Gasteiger partial charge in [0.2, 0.25) is 5.75 Å². The molecule has 0 aliphatic heterocycles. The summed E-state index contributed by atoms with van der Waals surface area (Å²) in [6.45, 7) is 3.55. The zero-order chi connectivity index (χ0) is 27.8. The van der Waals surface area contributed by atoms with E-state index in [1.54, 1.807) is 43.5 Å². The summed E-state index contributed by atoms with van der Waals surface area (Å²) >= 11 is 4.21. The first-order valence-corrected chi connectivity index (χ1v) is 13.3. The van der Waals surface area contributed by atoms with Gasteiger partial charge in [-0.15, -0.1) is 0 Å². The summed E-state index contributed by atoms with van der Waals surface area (Å²) in [5.74, 6) is -0.117. The van der Waals surface area contributed by atoms with Crippen molar-refractivity contribution < 1.29 is 23.2 Å². The molecule has 8 nitrogen and oxygen atoms in total. The first-order chi connectivity index (χ1) is 18.1. The minimum atomic E-state index is -0.613. The molecule has 0 aliphatic carbocycles. The van der Waals surface area contributed by atoms with Crippen molar-refractivity contribution in [2.75, 3.05) is 5.73 Å². The maximum absolute atomic E-state index is 13.3. The van der Waals surface area contributed by atoms with Gasteiger partial charge in [-0.3, -0.25) is 0 Å². The topological polar surface area (TPSA) is 113 Å². The van der Waals surface area contributed by atoms with Gasteiger partial charge in [-0.2, -0.15) is 0 Å². The Hall–Kier alpha value is -3.14. The summed E-state index contributed by atoms with van der Waals surface area (Å²) < 4.78 is 39.5. The molecule has 2 aromatic heterocycles. The lowest BCUT2D eigenvalue weighted by atomic mass is 10.1. The van der Waals surface area contributed by atoms with Crippen LogP contribution in [0.1, 0.15) is 37.2 Å². The quantitative estimate of drug-likeness (QED) is 0.119. The number of nitrogens with zero attached hydrogens (tertiary/aromatic N) is 3. The molecule has 4 aromatic rings. The van der Waals surface area contributed by atoms with E-state index in [4.69, 9.17) is 15.2 Å². The standard InChI is InChI=1S/C13H10FIN2O3.C13H12FIN2O/c1-8(10-7-9(14)4-5-11(10)15)20-12-3-2-6-16-13(12)17(18)19;1-8(10-7-9(14)4-5-11(10)15)18-12-3-2-6-17-13(12)16/h2-8H,1H3;2-8H,1H3,(H2,16,17)/t2*8-/m11/s1. The molecule has 0 spiro atoms. The van der Waals surface area contributed by atoms with Crippen molar-refractivity contribution in [3.05, 3.63) is 113 Å². The molecule has 0 unspecified atom stereocenters. The van der Waals surface area contributed by atoms with Crippen LogP contribution in [0.15, 0.2) is 73.1 Å². The lowest BCUT2D eigenvalue weighted by Crippen LogP contribution is -2.07. The second-order valence-corrected chi connectivity index (χ2v) is 10.1. The molecule has 38 heavy (non-hydrogen) atoms. The van der Waals surface area contributed by atoms with Gasteiger partial charge in [0.15, 0.2) is 11.6 Å². The number of pyridine rings is 2. The number of benzene rings is 2. The van der Waals surface area contributed by atoms with E-state index in [1.165, 1.54) is 36.5 Å². The fourth-order valence-electron chi connectivity index (χ4n) is 3.27. The van der Waals surface area contributed by atoms with Gasteiger partial charge < -0.3 is 25.3 Å². The average molecular weight is 746 g/mol. The number of aromatic nitrogens is 2. The summed E-state index contributed by atoms with van der Waals surface area (Å²) in [5.41, 5.74) is 7.12. The third-order valence-electron chi connectivity index (χ3n) is 5.12. The predicted molar refractivity (Wildman–Crippen MR) is 156 cm³/mol. The second-order valence-electron chi connectivity index (χ2n) is 7.82. The van der Waals surface area contributed by atoms with Crippen LogP contribution in [0.5, 0.6) is 11.5 Å². The van der Waals surface area contributed by atoms with Gasteiger partial charge in [0.25, 0.3) is 0 Å². The van der Waals surface area contributed by atoms with Gasteiger partial charge in [0.1, 0.15) is 30.0 Å². The molecule has 0 radical (unpaired) electrons. The van der Waals surface area contributed by atoms with Crippen LogP contribution in [-0.2, 0) is 0 Å². The van der Waals surface area contributed by atoms with Crippen LogP contribution in [0.4, 0.5) is 20.4 Å². The van der Waals surface area contributed by atoms with Crippen LogP contribution in [0.2, 0.25) is 0 Å². The van der Waals surface area contributed by atoms with E-state index >= 15 is 0 Å². The molecule has 198 valence electrons.